The number of nitrogens with zero attached hydrogens (tertiary/aromatic N) is 1. The van der Waals surface area contributed by atoms with Crippen LogP contribution in [0, 0.1) is 6.92 Å². The van der Waals surface area contributed by atoms with Crippen molar-refractivity contribution in [3.8, 4) is 11.3 Å². The first-order chi connectivity index (χ1) is 5.88. The first-order valence-corrected chi connectivity index (χ1v) is 4.76. The Labute approximate surface area is 75.7 Å². The van der Waals surface area contributed by atoms with E-state index in [-0.39, 0.29) is 0 Å². The summed E-state index contributed by atoms with van der Waals surface area (Å²) in [7, 11) is 0. The first-order valence-electron chi connectivity index (χ1n) is 3.82. The van der Waals surface area contributed by atoms with E-state index in [1.54, 1.807) is 11.3 Å². The Morgan fingerprint density at radius 2 is 2.25 bits per heavy atom. The molecule has 0 N–H and O–H groups in total. The minimum atomic E-state index is 1.10. The molecule has 0 spiro atoms. The molecule has 0 saturated carbocycles. The predicted octanol–water partition coefficient (Wildman–Crippen LogP) is 3.12. The zero-order valence-corrected chi connectivity index (χ0v) is 7.64. The van der Waals surface area contributed by atoms with Crippen molar-refractivity contribution < 1.29 is 0 Å². The van der Waals surface area contributed by atoms with E-state index < -0.39 is 0 Å². The lowest BCUT2D eigenvalue weighted by molar-refractivity contribution is 1.27. The molecule has 60 valence electrons. The second-order valence-corrected chi connectivity index (χ2v) is 3.46. The van der Waals surface area contributed by atoms with Crippen LogP contribution in [0.25, 0.3) is 11.3 Å². The molecule has 0 fully saturated rings. The van der Waals surface area contributed by atoms with Gasteiger partial charge in [-0.15, -0.1) is 0 Å². The van der Waals surface area contributed by atoms with Crippen molar-refractivity contribution in [1.82, 2.24) is 4.98 Å². The molecule has 0 atom stereocenters. The van der Waals surface area contributed by atoms with E-state index in [4.69, 9.17) is 0 Å². The van der Waals surface area contributed by atoms with Crippen LogP contribution in [-0.4, -0.2) is 4.98 Å². The standard InChI is InChI=1S/C10H9NS/c1-8-3-2-5-11-10(8)9-4-6-12-7-9/h2-7H,1H3. The summed E-state index contributed by atoms with van der Waals surface area (Å²) in [6, 6.07) is 6.14. The Bertz CT molecular complexity index is 365. The van der Waals surface area contributed by atoms with Crippen molar-refractivity contribution in [2.45, 2.75) is 6.92 Å². The van der Waals surface area contributed by atoms with Crippen molar-refractivity contribution in [3.63, 3.8) is 0 Å². The Hall–Kier alpha value is -1.15. The Balaban J connectivity index is 2.55. The van der Waals surface area contributed by atoms with Gasteiger partial charge < -0.3 is 0 Å². The third-order valence-corrected chi connectivity index (χ3v) is 2.49. The van der Waals surface area contributed by atoms with Crippen molar-refractivity contribution >= 4 is 11.3 Å². The van der Waals surface area contributed by atoms with Crippen molar-refractivity contribution in [2.24, 2.45) is 0 Å². The molecule has 0 radical (unpaired) electrons. The SMILES string of the molecule is Cc1cccnc1-c1ccsc1. The highest BCUT2D eigenvalue weighted by Crippen LogP contribution is 2.22. The van der Waals surface area contributed by atoms with Gasteiger partial charge >= 0.3 is 0 Å². The van der Waals surface area contributed by atoms with Crippen LogP contribution in [0.5, 0.6) is 0 Å². The van der Waals surface area contributed by atoms with Gasteiger partial charge in [-0.05, 0) is 30.0 Å². The van der Waals surface area contributed by atoms with Gasteiger partial charge in [0.2, 0.25) is 0 Å². The lowest BCUT2D eigenvalue weighted by Crippen LogP contribution is -1.83. The van der Waals surface area contributed by atoms with Crippen LogP contribution in [0.4, 0.5) is 0 Å². The lowest BCUT2D eigenvalue weighted by atomic mass is 10.1. The van der Waals surface area contributed by atoms with Crippen LogP contribution in [0.2, 0.25) is 0 Å². The normalized spacial score (nSPS) is 10.1. The molecule has 2 heteroatoms. The van der Waals surface area contributed by atoms with E-state index in [9.17, 15) is 0 Å². The zero-order chi connectivity index (χ0) is 8.39. The number of hydrogen-bond donors (Lipinski definition) is 0. The molecule has 2 aromatic heterocycles. The van der Waals surface area contributed by atoms with E-state index in [0.29, 0.717) is 0 Å². The van der Waals surface area contributed by atoms with Crippen LogP contribution in [-0.2, 0) is 0 Å². The molecule has 12 heavy (non-hydrogen) atoms. The topological polar surface area (TPSA) is 12.9 Å². The molecule has 2 rings (SSSR count). The molecule has 0 aliphatic heterocycles. The van der Waals surface area contributed by atoms with Gasteiger partial charge in [0.25, 0.3) is 0 Å². The molecule has 0 aliphatic carbocycles. The van der Waals surface area contributed by atoms with E-state index in [1.165, 1.54) is 11.1 Å². The highest BCUT2D eigenvalue weighted by molar-refractivity contribution is 7.08. The minimum absolute atomic E-state index is 1.10. The van der Waals surface area contributed by atoms with Crippen molar-refractivity contribution in [2.75, 3.05) is 0 Å². The van der Waals surface area contributed by atoms with Gasteiger partial charge in [-0.2, -0.15) is 11.3 Å². The molecule has 1 nitrogen and oxygen atoms in total. The third-order valence-electron chi connectivity index (χ3n) is 1.80. The van der Waals surface area contributed by atoms with Gasteiger partial charge in [0.15, 0.2) is 0 Å². The maximum Gasteiger partial charge on any atom is 0.0739 e. The summed E-state index contributed by atoms with van der Waals surface area (Å²) in [5, 5.41) is 4.19. The maximum absolute atomic E-state index is 4.33. The first kappa shape index (κ1) is 7.50. The molecule has 0 aliphatic rings. The number of thiophene rings is 1. The van der Waals surface area contributed by atoms with Gasteiger partial charge in [0, 0.05) is 17.1 Å². The third kappa shape index (κ3) is 1.25. The van der Waals surface area contributed by atoms with E-state index >= 15 is 0 Å². The molecule has 0 amide bonds. The van der Waals surface area contributed by atoms with E-state index in [2.05, 4.69) is 34.8 Å². The number of pyridine rings is 1. The fraction of sp³-hybridized carbons (Fsp3) is 0.100. The summed E-state index contributed by atoms with van der Waals surface area (Å²) >= 11 is 1.70. The summed E-state index contributed by atoms with van der Waals surface area (Å²) in [4.78, 5) is 4.33. The van der Waals surface area contributed by atoms with E-state index in [0.717, 1.165) is 5.69 Å². The fourth-order valence-electron chi connectivity index (χ4n) is 1.19. The highest BCUT2D eigenvalue weighted by atomic mass is 32.1. The van der Waals surface area contributed by atoms with E-state index in [1.807, 2.05) is 12.3 Å². The molecule has 0 aromatic carbocycles. The molecule has 2 aromatic rings. The van der Waals surface area contributed by atoms with Crippen molar-refractivity contribution in [3.05, 3.63) is 40.7 Å². The molecule has 0 unspecified atom stereocenters. The average molecular weight is 175 g/mol. The zero-order valence-electron chi connectivity index (χ0n) is 6.82. The molecular formula is C10H9NS. The summed E-state index contributed by atoms with van der Waals surface area (Å²) in [5.74, 6) is 0. The Morgan fingerprint density at radius 1 is 1.33 bits per heavy atom. The summed E-state index contributed by atoms with van der Waals surface area (Å²) in [5.41, 5.74) is 3.55. The van der Waals surface area contributed by atoms with Crippen LogP contribution in [0.1, 0.15) is 5.56 Å². The Kier molecular flexibility index (Phi) is 1.92. The van der Waals surface area contributed by atoms with Crippen molar-refractivity contribution in [1.29, 1.82) is 0 Å². The smallest absolute Gasteiger partial charge is 0.0739 e. The Morgan fingerprint density at radius 3 is 2.92 bits per heavy atom. The maximum atomic E-state index is 4.33. The molecule has 0 bridgehead atoms. The quantitative estimate of drug-likeness (QED) is 0.649. The van der Waals surface area contributed by atoms with Crippen LogP contribution < -0.4 is 0 Å². The summed E-state index contributed by atoms with van der Waals surface area (Å²) in [6.07, 6.45) is 1.83. The molecular weight excluding hydrogens is 166 g/mol. The fourth-order valence-corrected chi connectivity index (χ4v) is 1.83. The van der Waals surface area contributed by atoms with Gasteiger partial charge in [-0.25, -0.2) is 0 Å². The number of aromatic nitrogens is 1. The highest BCUT2D eigenvalue weighted by Gasteiger charge is 2.00. The molecule has 0 saturated heterocycles. The monoisotopic (exact) mass is 175 g/mol. The largest absolute Gasteiger partial charge is 0.256 e. The summed E-state index contributed by atoms with van der Waals surface area (Å²) in [6.45, 7) is 2.08. The second kappa shape index (κ2) is 3.07. The number of aryl methyl sites for hydroxylation is 1. The molecule has 2 heterocycles. The summed E-state index contributed by atoms with van der Waals surface area (Å²) < 4.78 is 0. The van der Waals surface area contributed by atoms with Crippen LogP contribution in [0.3, 0.4) is 0 Å². The van der Waals surface area contributed by atoms with Gasteiger partial charge in [0.1, 0.15) is 0 Å². The number of hydrogen-bond acceptors (Lipinski definition) is 2. The van der Waals surface area contributed by atoms with Gasteiger partial charge in [-0.3, -0.25) is 4.98 Å². The van der Waals surface area contributed by atoms with Crippen LogP contribution in [0.15, 0.2) is 35.2 Å². The second-order valence-electron chi connectivity index (χ2n) is 2.68. The predicted molar refractivity (Wildman–Crippen MR) is 52.3 cm³/mol. The van der Waals surface area contributed by atoms with Crippen LogP contribution >= 0.6 is 11.3 Å². The van der Waals surface area contributed by atoms with Gasteiger partial charge in [0.05, 0.1) is 5.69 Å². The lowest BCUT2D eigenvalue weighted by Gasteiger charge is -1.99. The average Bonchev–Trinajstić information content (AvgIpc) is 2.57. The number of rotatable bonds is 1. The van der Waals surface area contributed by atoms with Gasteiger partial charge in [-0.1, -0.05) is 6.07 Å². The minimum Gasteiger partial charge on any atom is -0.256 e.